The van der Waals surface area contributed by atoms with Crippen molar-refractivity contribution >= 4 is 14.5 Å². The number of hydrogen-bond acceptors (Lipinski definition) is 13. The van der Waals surface area contributed by atoms with Crippen molar-refractivity contribution in [2.75, 3.05) is 27.4 Å². The third kappa shape index (κ3) is 8.51. The second kappa shape index (κ2) is 18.8. The van der Waals surface area contributed by atoms with Crippen LogP contribution >= 0.6 is 8.53 Å². The number of hydrogen-bond donors (Lipinski definition) is 2. The summed E-state index contributed by atoms with van der Waals surface area (Å²) in [5, 5.41) is 9.47. The first kappa shape index (κ1) is 44.6. The average Bonchev–Trinajstić information content (AvgIpc) is 3.65. The number of methoxy groups -OCH3 is 2. The number of nitrogens with one attached hydrogen (secondary N) is 1. The number of esters is 1. The standard InChI is InChI=1S/C44H54N5O10P/c1-27(2)49(28(3)4)60(56-24-12-23-45)59-38-36-37(46)39(57-30(6)50)43(38,58-41(36)48-25-29(5)40(51)47-42(48)52)26-55-44(31-13-10-9-11-14-31,32-15-19-34(53-7)20-16-32)33-17-21-35(54-8)22-18-33/h9-11,13-22,25,27-28,36-39,41H,12,24,26,46H2,1-8H3,(H,47,51,52)/t36-,37-,38+,39+,41-,43-,60?/m1/s1. The number of ether oxygens (including phenoxy) is 5. The van der Waals surface area contributed by atoms with Gasteiger partial charge in [0.2, 0.25) is 0 Å². The highest BCUT2D eigenvalue weighted by Gasteiger charge is 2.73. The highest BCUT2D eigenvalue weighted by atomic mass is 31.2. The van der Waals surface area contributed by atoms with E-state index < -0.39 is 67.3 Å². The highest BCUT2D eigenvalue weighted by molar-refractivity contribution is 7.44. The minimum absolute atomic E-state index is 0.0700. The molecule has 2 fully saturated rings. The van der Waals surface area contributed by atoms with Gasteiger partial charge >= 0.3 is 11.7 Å². The van der Waals surface area contributed by atoms with Crippen LogP contribution in [-0.4, -0.2) is 83.6 Å². The quantitative estimate of drug-likeness (QED) is 0.0539. The number of nitriles is 1. The summed E-state index contributed by atoms with van der Waals surface area (Å²) in [7, 11) is 1.24. The molecule has 1 saturated heterocycles. The number of aromatic nitrogens is 2. The number of H-pyrrole nitrogens is 1. The van der Waals surface area contributed by atoms with Crippen molar-refractivity contribution < 1.29 is 37.5 Å². The first-order valence-corrected chi connectivity index (χ1v) is 21.0. The molecule has 4 aromatic rings. The van der Waals surface area contributed by atoms with Crippen molar-refractivity contribution in [3.8, 4) is 17.6 Å². The second-order valence-corrected chi connectivity index (χ2v) is 16.9. The molecular formula is C44H54N5O10P. The summed E-state index contributed by atoms with van der Waals surface area (Å²) < 4.78 is 48.7. The van der Waals surface area contributed by atoms with Crippen molar-refractivity contribution in [3.63, 3.8) is 0 Å². The first-order chi connectivity index (χ1) is 28.7. The van der Waals surface area contributed by atoms with E-state index in [1.165, 1.54) is 17.7 Å². The van der Waals surface area contributed by atoms with E-state index in [0.717, 1.165) is 16.7 Å². The molecule has 1 aliphatic carbocycles. The summed E-state index contributed by atoms with van der Waals surface area (Å²) in [5.74, 6) is -0.193. The monoisotopic (exact) mass is 843 g/mol. The molecule has 1 aromatic heterocycles. The van der Waals surface area contributed by atoms with Crippen molar-refractivity contribution in [2.24, 2.45) is 11.7 Å². The van der Waals surface area contributed by atoms with E-state index >= 15 is 0 Å². The zero-order valence-electron chi connectivity index (χ0n) is 35.2. The van der Waals surface area contributed by atoms with Crippen LogP contribution in [0, 0.1) is 24.2 Å². The molecule has 3 aromatic carbocycles. The van der Waals surface area contributed by atoms with Crippen molar-refractivity contribution in [2.45, 2.75) is 95.7 Å². The van der Waals surface area contributed by atoms with Gasteiger partial charge in [0, 0.05) is 30.8 Å². The molecule has 1 saturated carbocycles. The van der Waals surface area contributed by atoms with Crippen molar-refractivity contribution in [1.29, 1.82) is 5.26 Å². The van der Waals surface area contributed by atoms with Crippen LogP contribution in [0.25, 0.3) is 0 Å². The average molecular weight is 844 g/mol. The molecule has 16 heteroatoms. The van der Waals surface area contributed by atoms with E-state index in [1.54, 1.807) is 21.1 Å². The smallest absolute Gasteiger partial charge is 0.330 e. The minimum atomic E-state index is -1.94. The molecule has 2 aliphatic rings. The van der Waals surface area contributed by atoms with Crippen LogP contribution in [0.4, 0.5) is 0 Å². The Morgan fingerprint density at radius 3 is 2.03 bits per heavy atom. The number of benzene rings is 3. The Morgan fingerprint density at radius 2 is 1.52 bits per heavy atom. The number of aromatic amines is 1. The molecule has 1 aliphatic heterocycles. The van der Waals surface area contributed by atoms with Crippen LogP contribution in [0.15, 0.2) is 94.6 Å². The lowest BCUT2D eigenvalue weighted by atomic mass is 9.79. The number of carbonyl (C=O) groups excluding carboxylic acids is 1. The van der Waals surface area contributed by atoms with E-state index in [-0.39, 0.29) is 37.3 Å². The predicted molar refractivity (Wildman–Crippen MR) is 224 cm³/mol. The third-order valence-electron chi connectivity index (χ3n) is 11.0. The third-order valence-corrected chi connectivity index (χ3v) is 13.2. The van der Waals surface area contributed by atoms with E-state index in [1.807, 2.05) is 107 Å². The molecule has 0 spiro atoms. The summed E-state index contributed by atoms with van der Waals surface area (Å²) in [6.07, 6.45) is -1.76. The molecule has 0 radical (unpaired) electrons. The summed E-state index contributed by atoms with van der Waals surface area (Å²) in [6, 6.07) is 25.7. The lowest BCUT2D eigenvalue weighted by molar-refractivity contribution is -0.224. The molecular weight excluding hydrogens is 789 g/mol. The Hall–Kier alpha value is -4.91. The Bertz CT molecular complexity index is 2190. The molecule has 0 amide bonds. The van der Waals surface area contributed by atoms with E-state index in [2.05, 4.69) is 15.7 Å². The minimum Gasteiger partial charge on any atom is -0.497 e. The van der Waals surface area contributed by atoms with E-state index in [9.17, 15) is 19.6 Å². The Morgan fingerprint density at radius 1 is 0.950 bits per heavy atom. The van der Waals surface area contributed by atoms with Gasteiger partial charge in [0.1, 0.15) is 29.4 Å². The molecule has 7 atom stereocenters. The van der Waals surface area contributed by atoms with Crippen LogP contribution in [0.3, 0.4) is 0 Å². The van der Waals surface area contributed by atoms with Crippen molar-refractivity contribution in [1.82, 2.24) is 14.2 Å². The SMILES string of the molecule is COc1ccc(C(OC[C@]23O[C@@H](n4cc(C)c(=O)[nH]c4=O)[C@H]([C@@H](N)[C@@H]2OC(C)=O)[C@@H]3OP(OCCC#N)N(C(C)C)C(C)C)(c2ccccc2)c2ccc(OC)cc2)cc1. The molecule has 320 valence electrons. The fourth-order valence-corrected chi connectivity index (χ4v) is 10.2. The van der Waals surface area contributed by atoms with Gasteiger partial charge in [0.15, 0.2) is 11.7 Å². The number of rotatable bonds is 18. The van der Waals surface area contributed by atoms with Crippen molar-refractivity contribution in [3.05, 3.63) is 128 Å². The zero-order chi connectivity index (χ0) is 43.4. The summed E-state index contributed by atoms with van der Waals surface area (Å²) in [4.78, 5) is 41.7. The van der Waals surface area contributed by atoms with Gasteiger partial charge in [-0.3, -0.25) is 19.1 Å². The summed E-state index contributed by atoms with van der Waals surface area (Å²) >= 11 is 0. The van der Waals surface area contributed by atoms with Gasteiger partial charge in [-0.15, -0.1) is 0 Å². The van der Waals surface area contributed by atoms with Crippen LogP contribution < -0.4 is 26.5 Å². The summed E-state index contributed by atoms with van der Waals surface area (Å²) in [5.41, 5.74) is 5.33. The van der Waals surface area contributed by atoms with Gasteiger partial charge in [-0.25, -0.2) is 9.46 Å². The lowest BCUT2D eigenvalue weighted by Crippen LogP contribution is -2.59. The van der Waals surface area contributed by atoms with Crippen LogP contribution in [0.1, 0.15) is 69.5 Å². The fraction of sp³-hybridized carbons (Fsp3) is 0.455. The van der Waals surface area contributed by atoms with Gasteiger partial charge < -0.3 is 38.5 Å². The predicted octanol–water partition coefficient (Wildman–Crippen LogP) is 5.69. The maximum atomic E-state index is 13.6. The Kier molecular flexibility index (Phi) is 14.0. The van der Waals surface area contributed by atoms with Crippen LogP contribution in [0.5, 0.6) is 11.5 Å². The van der Waals surface area contributed by atoms with Gasteiger partial charge in [-0.05, 0) is 75.6 Å². The largest absolute Gasteiger partial charge is 0.497 e. The van der Waals surface area contributed by atoms with Gasteiger partial charge in [-0.1, -0.05) is 54.6 Å². The van der Waals surface area contributed by atoms with Crippen LogP contribution in [0.2, 0.25) is 0 Å². The number of nitrogens with two attached hydrogens (primary N) is 1. The first-order valence-electron chi connectivity index (χ1n) is 19.9. The molecule has 15 nitrogen and oxygen atoms in total. The highest BCUT2D eigenvalue weighted by Crippen LogP contribution is 2.60. The number of nitrogens with zero attached hydrogens (tertiary/aromatic N) is 3. The molecule has 1 unspecified atom stereocenters. The summed E-state index contributed by atoms with van der Waals surface area (Å²) in [6.45, 7) is 10.7. The van der Waals surface area contributed by atoms with Gasteiger partial charge in [0.25, 0.3) is 14.1 Å². The van der Waals surface area contributed by atoms with E-state index in [0.29, 0.717) is 11.5 Å². The zero-order valence-corrected chi connectivity index (χ0v) is 36.1. The second-order valence-electron chi connectivity index (χ2n) is 15.5. The molecule has 6 rings (SSSR count). The van der Waals surface area contributed by atoms with Gasteiger partial charge in [0.05, 0.1) is 51.9 Å². The molecule has 60 heavy (non-hydrogen) atoms. The molecule has 2 bridgehead atoms. The number of aryl methyl sites for hydroxylation is 1. The molecule has 3 N–H and O–H groups in total. The van der Waals surface area contributed by atoms with E-state index in [4.69, 9.17) is 38.5 Å². The van der Waals surface area contributed by atoms with Gasteiger partial charge in [-0.2, -0.15) is 5.26 Å². The maximum absolute atomic E-state index is 13.6. The Balaban J connectivity index is 1.60. The maximum Gasteiger partial charge on any atom is 0.330 e. The lowest BCUT2D eigenvalue weighted by Gasteiger charge is -2.44. The van der Waals surface area contributed by atoms with Crippen LogP contribution in [-0.2, 0) is 33.7 Å². The fourth-order valence-electron chi connectivity index (χ4n) is 8.41. The topological polar surface area (TPSA) is 190 Å². The number of carbonyl (C=O) groups is 1. The number of fused-ring (bicyclic) bond motifs is 2. The Labute approximate surface area is 351 Å². The molecule has 2 heterocycles. The normalized spacial score (nSPS) is 22.9.